The van der Waals surface area contributed by atoms with Crippen LogP contribution in [0, 0.1) is 6.92 Å². The molecule has 1 fully saturated rings. The molecule has 29 heavy (non-hydrogen) atoms. The van der Waals surface area contributed by atoms with Crippen molar-refractivity contribution in [1.82, 2.24) is 9.21 Å². The minimum absolute atomic E-state index is 0.246. The first-order valence-corrected chi connectivity index (χ1v) is 11.2. The molecule has 0 saturated carbocycles. The fraction of sp³-hybridized carbons (Fsp3) is 0.318. The Hall–Kier alpha value is -2.48. The Balaban J connectivity index is 1.61. The molecule has 7 heteroatoms. The second kappa shape index (κ2) is 9.35. The van der Waals surface area contributed by atoms with Crippen molar-refractivity contribution >= 4 is 27.7 Å². The van der Waals surface area contributed by atoms with E-state index in [0.29, 0.717) is 18.8 Å². The summed E-state index contributed by atoms with van der Waals surface area (Å²) in [5, 5.41) is 2.76. The number of piperazine rings is 1. The zero-order valence-corrected chi connectivity index (χ0v) is 17.7. The molecule has 1 saturated heterocycles. The summed E-state index contributed by atoms with van der Waals surface area (Å²) < 4.78 is 27.1. The number of aryl methyl sites for hydroxylation is 1. The molecule has 3 rings (SSSR count). The summed E-state index contributed by atoms with van der Waals surface area (Å²) in [5.74, 6) is -0.266. The summed E-state index contributed by atoms with van der Waals surface area (Å²) >= 11 is 0. The van der Waals surface area contributed by atoms with E-state index in [4.69, 9.17) is 0 Å². The fourth-order valence-electron chi connectivity index (χ4n) is 3.28. The predicted octanol–water partition coefficient (Wildman–Crippen LogP) is 2.97. The van der Waals surface area contributed by atoms with Gasteiger partial charge in [0.05, 0.1) is 4.90 Å². The number of amides is 1. The van der Waals surface area contributed by atoms with Gasteiger partial charge in [-0.05, 0) is 49.4 Å². The number of hydrogen-bond acceptors (Lipinski definition) is 4. The number of carbonyl (C=O) groups is 1. The highest BCUT2D eigenvalue weighted by molar-refractivity contribution is 7.89. The molecular weight excluding hydrogens is 386 g/mol. The van der Waals surface area contributed by atoms with Crippen LogP contribution in [-0.4, -0.2) is 56.3 Å². The van der Waals surface area contributed by atoms with E-state index < -0.39 is 10.0 Å². The quantitative estimate of drug-likeness (QED) is 0.739. The summed E-state index contributed by atoms with van der Waals surface area (Å²) in [6.07, 6.45) is 3.21. The number of likely N-dealkylation sites (N-methyl/N-ethyl adjacent to an activating group) is 1. The van der Waals surface area contributed by atoms with Crippen molar-refractivity contribution in [2.75, 3.05) is 38.0 Å². The molecule has 6 nitrogen and oxygen atoms in total. The molecular formula is C22H27N3O3S. The molecule has 0 spiro atoms. The maximum Gasteiger partial charge on any atom is 0.248 e. The van der Waals surface area contributed by atoms with Gasteiger partial charge in [-0.3, -0.25) is 4.79 Å². The third kappa shape index (κ3) is 5.53. The van der Waals surface area contributed by atoms with Gasteiger partial charge >= 0.3 is 0 Å². The minimum Gasteiger partial charge on any atom is -0.323 e. The van der Waals surface area contributed by atoms with Crippen molar-refractivity contribution in [1.29, 1.82) is 0 Å². The first kappa shape index (κ1) is 21.2. The third-order valence-corrected chi connectivity index (χ3v) is 6.92. The average Bonchev–Trinajstić information content (AvgIpc) is 2.73. The minimum atomic E-state index is -3.51. The molecule has 1 aliphatic heterocycles. The van der Waals surface area contributed by atoms with Crippen molar-refractivity contribution in [3.8, 4) is 0 Å². The summed E-state index contributed by atoms with van der Waals surface area (Å²) in [6, 6.07) is 14.2. The Morgan fingerprint density at radius 1 is 1.07 bits per heavy atom. The standard InChI is InChI=1S/C22H27N3O3S/c1-3-24-13-15-25(16-14-24)29(27,28)21-10-8-20(9-11-21)23-22(26)12-7-19-6-4-5-18(2)17-19/h4-12,17H,3,13-16H2,1-2H3,(H,23,26)/b12-7+. The van der Waals surface area contributed by atoms with Crippen LogP contribution < -0.4 is 5.32 Å². The molecule has 0 aliphatic carbocycles. The van der Waals surface area contributed by atoms with Crippen LogP contribution in [-0.2, 0) is 14.8 Å². The largest absolute Gasteiger partial charge is 0.323 e. The molecule has 2 aromatic carbocycles. The van der Waals surface area contributed by atoms with Crippen LogP contribution >= 0.6 is 0 Å². The molecule has 1 aliphatic rings. The second-order valence-corrected chi connectivity index (χ2v) is 9.04. The molecule has 0 bridgehead atoms. The van der Waals surface area contributed by atoms with Gasteiger partial charge in [-0.1, -0.05) is 36.8 Å². The van der Waals surface area contributed by atoms with Gasteiger partial charge in [-0.15, -0.1) is 0 Å². The molecule has 0 unspecified atom stereocenters. The highest BCUT2D eigenvalue weighted by atomic mass is 32.2. The lowest BCUT2D eigenvalue weighted by atomic mass is 10.1. The summed E-state index contributed by atoms with van der Waals surface area (Å²) in [7, 11) is -3.51. The molecule has 0 aromatic heterocycles. The lowest BCUT2D eigenvalue weighted by Gasteiger charge is -2.33. The molecule has 1 heterocycles. The van der Waals surface area contributed by atoms with Crippen LogP contribution in [0.1, 0.15) is 18.1 Å². The Labute approximate surface area is 172 Å². The Morgan fingerprint density at radius 3 is 2.38 bits per heavy atom. The molecule has 1 N–H and O–H groups in total. The van der Waals surface area contributed by atoms with Crippen LogP contribution in [0.15, 0.2) is 59.5 Å². The number of anilines is 1. The Morgan fingerprint density at radius 2 is 1.76 bits per heavy atom. The number of sulfonamides is 1. The van der Waals surface area contributed by atoms with Gasteiger partial charge in [0.2, 0.25) is 15.9 Å². The van der Waals surface area contributed by atoms with Crippen LogP contribution in [0.4, 0.5) is 5.69 Å². The van der Waals surface area contributed by atoms with Gasteiger partial charge in [-0.2, -0.15) is 4.31 Å². The van der Waals surface area contributed by atoms with Gasteiger partial charge in [-0.25, -0.2) is 8.42 Å². The number of benzene rings is 2. The van der Waals surface area contributed by atoms with Crippen LogP contribution in [0.3, 0.4) is 0 Å². The van der Waals surface area contributed by atoms with Crippen molar-refractivity contribution < 1.29 is 13.2 Å². The van der Waals surface area contributed by atoms with Gasteiger partial charge in [0.15, 0.2) is 0 Å². The number of rotatable bonds is 6. The third-order valence-electron chi connectivity index (χ3n) is 5.01. The maximum absolute atomic E-state index is 12.8. The van der Waals surface area contributed by atoms with E-state index in [-0.39, 0.29) is 10.8 Å². The van der Waals surface area contributed by atoms with E-state index in [1.165, 1.54) is 10.4 Å². The van der Waals surface area contributed by atoms with Crippen molar-refractivity contribution in [3.63, 3.8) is 0 Å². The van der Waals surface area contributed by atoms with Crippen LogP contribution in [0.2, 0.25) is 0 Å². The number of carbonyl (C=O) groups excluding carboxylic acids is 1. The lowest BCUT2D eigenvalue weighted by Crippen LogP contribution is -2.48. The maximum atomic E-state index is 12.8. The zero-order valence-electron chi connectivity index (χ0n) is 16.8. The van der Waals surface area contributed by atoms with Crippen molar-refractivity contribution in [2.45, 2.75) is 18.7 Å². The molecule has 154 valence electrons. The normalized spacial score (nSPS) is 16.2. The lowest BCUT2D eigenvalue weighted by molar-refractivity contribution is -0.111. The van der Waals surface area contributed by atoms with Gasteiger partial charge in [0, 0.05) is 37.9 Å². The Kier molecular flexibility index (Phi) is 6.84. The van der Waals surface area contributed by atoms with E-state index >= 15 is 0 Å². The molecule has 2 aromatic rings. The average molecular weight is 414 g/mol. The van der Waals surface area contributed by atoms with Crippen molar-refractivity contribution in [3.05, 3.63) is 65.7 Å². The highest BCUT2D eigenvalue weighted by Gasteiger charge is 2.27. The van der Waals surface area contributed by atoms with E-state index in [0.717, 1.165) is 30.8 Å². The summed E-state index contributed by atoms with van der Waals surface area (Å²) in [4.78, 5) is 14.6. The van der Waals surface area contributed by atoms with E-state index in [1.54, 1.807) is 30.3 Å². The second-order valence-electron chi connectivity index (χ2n) is 7.10. The fourth-order valence-corrected chi connectivity index (χ4v) is 4.70. The monoisotopic (exact) mass is 413 g/mol. The van der Waals surface area contributed by atoms with Crippen molar-refractivity contribution in [2.24, 2.45) is 0 Å². The van der Waals surface area contributed by atoms with Crippen LogP contribution in [0.25, 0.3) is 6.08 Å². The molecule has 1 amide bonds. The first-order valence-electron chi connectivity index (χ1n) is 9.77. The SMILES string of the molecule is CCN1CCN(S(=O)(=O)c2ccc(NC(=O)/C=C/c3cccc(C)c3)cc2)CC1. The smallest absolute Gasteiger partial charge is 0.248 e. The van der Waals surface area contributed by atoms with Gasteiger partial charge in [0.25, 0.3) is 0 Å². The molecule has 0 atom stereocenters. The zero-order chi connectivity index (χ0) is 20.9. The van der Waals surface area contributed by atoms with E-state index in [2.05, 4.69) is 17.1 Å². The summed E-state index contributed by atoms with van der Waals surface area (Å²) in [6.45, 7) is 7.50. The highest BCUT2D eigenvalue weighted by Crippen LogP contribution is 2.20. The van der Waals surface area contributed by atoms with Crippen LogP contribution in [0.5, 0.6) is 0 Å². The predicted molar refractivity (Wildman–Crippen MR) is 116 cm³/mol. The Bertz CT molecular complexity index is 977. The van der Waals surface area contributed by atoms with Gasteiger partial charge < -0.3 is 10.2 Å². The molecule has 0 radical (unpaired) electrons. The number of nitrogens with zero attached hydrogens (tertiary/aromatic N) is 2. The van der Waals surface area contributed by atoms with E-state index in [1.807, 2.05) is 31.2 Å². The first-order chi connectivity index (χ1) is 13.9. The number of hydrogen-bond donors (Lipinski definition) is 1. The number of nitrogens with one attached hydrogen (secondary N) is 1. The topological polar surface area (TPSA) is 69.7 Å². The van der Waals surface area contributed by atoms with E-state index in [9.17, 15) is 13.2 Å². The summed E-state index contributed by atoms with van der Waals surface area (Å²) in [5.41, 5.74) is 2.63. The van der Waals surface area contributed by atoms with Gasteiger partial charge in [0.1, 0.15) is 0 Å².